The van der Waals surface area contributed by atoms with Crippen LogP contribution in [-0.2, 0) is 9.93 Å². The van der Waals surface area contributed by atoms with Crippen molar-refractivity contribution in [1.82, 2.24) is 0 Å². The van der Waals surface area contributed by atoms with Crippen LogP contribution < -0.4 is 0 Å². The van der Waals surface area contributed by atoms with Crippen LogP contribution in [0.15, 0.2) is 0 Å². The molecular formula is C7H15S4+. The van der Waals surface area contributed by atoms with Gasteiger partial charge in [0.1, 0.15) is 11.5 Å². The van der Waals surface area contributed by atoms with E-state index < -0.39 is 0 Å². The molecule has 66 valence electrons. The van der Waals surface area contributed by atoms with E-state index in [1.54, 1.807) is 0 Å². The normalized spacial score (nSPS) is 32.2. The van der Waals surface area contributed by atoms with Gasteiger partial charge in [0, 0.05) is 11.5 Å². The van der Waals surface area contributed by atoms with Crippen molar-refractivity contribution in [2.24, 2.45) is 5.92 Å². The third-order valence-electron chi connectivity index (χ3n) is 1.80. The van der Waals surface area contributed by atoms with Crippen LogP contribution in [0.5, 0.6) is 0 Å². The molecule has 0 aliphatic carbocycles. The summed E-state index contributed by atoms with van der Waals surface area (Å²) in [6.45, 7) is 0. The second-order valence-electron chi connectivity index (χ2n) is 2.69. The third-order valence-corrected chi connectivity index (χ3v) is 7.54. The van der Waals surface area contributed by atoms with E-state index >= 15 is 0 Å². The minimum absolute atomic E-state index is 0.639. The van der Waals surface area contributed by atoms with Crippen LogP contribution in [-0.4, -0.2) is 28.8 Å². The van der Waals surface area contributed by atoms with Gasteiger partial charge in [0.15, 0.2) is 0 Å². The Morgan fingerprint density at radius 2 is 2.27 bits per heavy atom. The van der Waals surface area contributed by atoms with E-state index in [4.69, 9.17) is 0 Å². The van der Waals surface area contributed by atoms with Gasteiger partial charge in [-0.05, 0) is 18.1 Å². The zero-order chi connectivity index (χ0) is 8.10. The zero-order valence-electron chi connectivity index (χ0n) is 6.53. The molecule has 1 fully saturated rings. The highest BCUT2D eigenvalue weighted by Gasteiger charge is 2.28. The summed E-state index contributed by atoms with van der Waals surface area (Å²) >= 11 is 8.57. The van der Waals surface area contributed by atoms with Crippen LogP contribution in [0.3, 0.4) is 0 Å². The van der Waals surface area contributed by atoms with Crippen molar-refractivity contribution in [3.05, 3.63) is 0 Å². The second kappa shape index (κ2) is 5.95. The smallest absolute Gasteiger partial charge is 0.129 e. The molecule has 0 saturated carbocycles. The van der Waals surface area contributed by atoms with Gasteiger partial charge in [-0.1, -0.05) is 0 Å². The minimum Gasteiger partial charge on any atom is -0.179 e. The van der Waals surface area contributed by atoms with Gasteiger partial charge in [-0.15, -0.1) is 0 Å². The van der Waals surface area contributed by atoms with Crippen molar-refractivity contribution < 1.29 is 0 Å². The van der Waals surface area contributed by atoms with Gasteiger partial charge in [0.05, 0.1) is 20.7 Å². The number of hydrogen-bond donors (Lipinski definition) is 2. The lowest BCUT2D eigenvalue weighted by atomic mass is 10.1. The predicted molar refractivity (Wildman–Crippen MR) is 65.4 cm³/mol. The molecule has 1 aliphatic rings. The van der Waals surface area contributed by atoms with E-state index in [9.17, 15) is 0 Å². The molecule has 11 heavy (non-hydrogen) atoms. The lowest BCUT2D eigenvalue weighted by Crippen LogP contribution is -2.22. The van der Waals surface area contributed by atoms with Crippen molar-refractivity contribution in [3.8, 4) is 0 Å². The van der Waals surface area contributed by atoms with Crippen molar-refractivity contribution >= 4 is 46.0 Å². The third kappa shape index (κ3) is 3.75. The fourth-order valence-electron chi connectivity index (χ4n) is 1.04. The molecule has 2 unspecified atom stereocenters. The molecule has 0 aromatic heterocycles. The van der Waals surface area contributed by atoms with Gasteiger partial charge in [-0.25, -0.2) is 0 Å². The lowest BCUT2D eigenvalue weighted by Gasteiger charge is -2.18. The highest BCUT2D eigenvalue weighted by Crippen LogP contribution is 2.29. The minimum atomic E-state index is 0.639. The molecule has 2 atom stereocenters. The summed E-state index contributed by atoms with van der Waals surface area (Å²) < 4.78 is 0. The topological polar surface area (TPSA) is 0 Å². The van der Waals surface area contributed by atoms with Crippen molar-refractivity contribution in [2.75, 3.05) is 28.8 Å². The molecule has 1 heterocycles. The first-order chi connectivity index (χ1) is 5.36. The monoisotopic (exact) mass is 227 g/mol. The van der Waals surface area contributed by atoms with Crippen LogP contribution in [0.25, 0.3) is 0 Å². The summed E-state index contributed by atoms with van der Waals surface area (Å²) in [7, 11) is 2.79. The molecule has 0 radical (unpaired) electrons. The molecule has 0 nitrogen and oxygen atoms in total. The van der Waals surface area contributed by atoms with E-state index in [-0.39, 0.29) is 0 Å². The fourth-order valence-corrected chi connectivity index (χ4v) is 6.87. The molecule has 0 N–H and O–H groups in total. The van der Waals surface area contributed by atoms with E-state index in [0.717, 1.165) is 17.4 Å². The molecule has 0 bridgehead atoms. The first-order valence-electron chi connectivity index (χ1n) is 3.89. The Bertz CT molecular complexity index is 98.6. The maximum Gasteiger partial charge on any atom is 0.129 e. The van der Waals surface area contributed by atoms with Crippen LogP contribution in [0.4, 0.5) is 0 Å². The van der Waals surface area contributed by atoms with Crippen LogP contribution in [0, 0.1) is 5.92 Å². The quantitative estimate of drug-likeness (QED) is 0.423. The molecule has 4 heteroatoms. The maximum absolute atomic E-state index is 4.32. The highest BCUT2D eigenvalue weighted by molar-refractivity contribution is 8.74. The summed E-state index contributed by atoms with van der Waals surface area (Å²) in [5.74, 6) is 7.07. The molecular weight excluding hydrogens is 212 g/mol. The van der Waals surface area contributed by atoms with Gasteiger partial charge in [0.2, 0.25) is 0 Å². The first-order valence-corrected chi connectivity index (χ1v) is 8.22. The van der Waals surface area contributed by atoms with Crippen molar-refractivity contribution in [1.29, 1.82) is 0 Å². The number of thiol groups is 2. The van der Waals surface area contributed by atoms with Crippen LogP contribution in [0.2, 0.25) is 0 Å². The molecule has 0 aromatic carbocycles. The number of rotatable bonds is 3. The molecule has 1 saturated heterocycles. The van der Waals surface area contributed by atoms with Gasteiger partial charge in [-0.2, -0.15) is 25.3 Å². The Morgan fingerprint density at radius 3 is 2.73 bits per heavy atom. The SMILES string of the molecule is SCC[S+]1CCC(CS)CS1. The molecule has 0 aromatic rings. The fraction of sp³-hybridized carbons (Fsp3) is 1.00. The van der Waals surface area contributed by atoms with E-state index in [0.29, 0.717) is 9.93 Å². The van der Waals surface area contributed by atoms with E-state index in [1.807, 2.05) is 0 Å². The highest BCUT2D eigenvalue weighted by atomic mass is 33.1. The standard InChI is InChI=1S/C7H14S4/c8-2-4-11-3-1-7(5-9)6-10-11/h7H,1-6H2,(H-,8,9)/p+1. The van der Waals surface area contributed by atoms with E-state index in [2.05, 4.69) is 36.1 Å². The molecule has 1 rings (SSSR count). The lowest BCUT2D eigenvalue weighted by molar-refractivity contribution is 0.652. The second-order valence-corrected chi connectivity index (χ2v) is 7.89. The average molecular weight is 227 g/mol. The summed E-state index contributed by atoms with van der Waals surface area (Å²) in [5, 5.41) is 0. The van der Waals surface area contributed by atoms with Crippen LogP contribution >= 0.6 is 36.1 Å². The Kier molecular flexibility index (Phi) is 5.67. The predicted octanol–water partition coefficient (Wildman–Crippen LogP) is 2.13. The molecule has 0 amide bonds. The van der Waals surface area contributed by atoms with Crippen molar-refractivity contribution in [3.63, 3.8) is 0 Å². The first kappa shape index (κ1) is 10.5. The molecule has 0 spiro atoms. The summed E-state index contributed by atoms with van der Waals surface area (Å²) in [6, 6.07) is 0. The zero-order valence-corrected chi connectivity index (χ0v) is 9.95. The summed E-state index contributed by atoms with van der Waals surface area (Å²) in [4.78, 5) is 0. The van der Waals surface area contributed by atoms with Gasteiger partial charge >= 0.3 is 0 Å². The summed E-state index contributed by atoms with van der Waals surface area (Å²) in [5.41, 5.74) is 0. The largest absolute Gasteiger partial charge is 0.179 e. The Morgan fingerprint density at radius 1 is 1.45 bits per heavy atom. The van der Waals surface area contributed by atoms with Crippen LogP contribution in [0.1, 0.15) is 6.42 Å². The summed E-state index contributed by atoms with van der Waals surface area (Å²) in [6.07, 6.45) is 1.40. The van der Waals surface area contributed by atoms with Gasteiger partial charge in [0.25, 0.3) is 0 Å². The number of hydrogen-bond acceptors (Lipinski definition) is 3. The Balaban J connectivity index is 2.14. The Labute approximate surface area is 86.8 Å². The molecule has 1 aliphatic heterocycles. The van der Waals surface area contributed by atoms with E-state index in [1.165, 1.54) is 23.7 Å². The van der Waals surface area contributed by atoms with Gasteiger partial charge in [-0.3, -0.25) is 0 Å². The van der Waals surface area contributed by atoms with Crippen molar-refractivity contribution in [2.45, 2.75) is 6.42 Å². The Hall–Kier alpha value is 1.40. The van der Waals surface area contributed by atoms with Gasteiger partial charge < -0.3 is 0 Å². The maximum atomic E-state index is 4.32. The average Bonchev–Trinajstić information content (AvgIpc) is 2.07.